The van der Waals surface area contributed by atoms with Crippen LogP contribution >= 0.6 is 23.2 Å². The van der Waals surface area contributed by atoms with Crippen molar-refractivity contribution in [1.82, 2.24) is 5.32 Å². The minimum atomic E-state index is -1.08. The molecule has 1 aromatic rings. The van der Waals surface area contributed by atoms with Crippen molar-refractivity contribution in [2.75, 3.05) is 7.05 Å². The summed E-state index contributed by atoms with van der Waals surface area (Å²) in [4.78, 5) is 0.748. The highest BCUT2D eigenvalue weighted by molar-refractivity contribution is 7.85. The molecule has 2 nitrogen and oxygen atoms in total. The predicted molar refractivity (Wildman–Crippen MR) is 84.7 cm³/mol. The Labute approximate surface area is 128 Å². The van der Waals surface area contributed by atoms with Crippen molar-refractivity contribution < 1.29 is 4.21 Å². The van der Waals surface area contributed by atoms with Crippen LogP contribution < -0.4 is 5.32 Å². The topological polar surface area (TPSA) is 29.1 Å². The van der Waals surface area contributed by atoms with E-state index in [-0.39, 0.29) is 11.3 Å². The quantitative estimate of drug-likeness (QED) is 0.812. The van der Waals surface area contributed by atoms with Crippen molar-refractivity contribution in [2.45, 2.75) is 49.3 Å². The summed E-state index contributed by atoms with van der Waals surface area (Å²) in [6, 6.07) is 5.47. The van der Waals surface area contributed by atoms with E-state index in [4.69, 9.17) is 23.2 Å². The van der Waals surface area contributed by atoms with E-state index in [1.807, 2.05) is 7.05 Å². The van der Waals surface area contributed by atoms with E-state index in [0.717, 1.165) is 24.2 Å². The van der Waals surface area contributed by atoms with Gasteiger partial charge in [-0.3, -0.25) is 4.21 Å². The van der Waals surface area contributed by atoms with E-state index in [0.29, 0.717) is 10.0 Å². The van der Waals surface area contributed by atoms with E-state index >= 15 is 0 Å². The Morgan fingerprint density at radius 1 is 1.26 bits per heavy atom. The van der Waals surface area contributed by atoms with Crippen LogP contribution in [0.15, 0.2) is 23.1 Å². The molecule has 108 valence electrons. The molecule has 1 N–H and O–H groups in total. The third-order valence-electron chi connectivity index (χ3n) is 3.22. The summed E-state index contributed by atoms with van der Waals surface area (Å²) in [5.41, 5.74) is 0. The summed E-state index contributed by atoms with van der Waals surface area (Å²) in [5.74, 6) is 0. The lowest BCUT2D eigenvalue weighted by atomic mass is 10.1. The van der Waals surface area contributed by atoms with Gasteiger partial charge in [0.25, 0.3) is 0 Å². The Bertz CT molecular complexity index is 439. The van der Waals surface area contributed by atoms with Gasteiger partial charge in [0, 0.05) is 10.9 Å². The van der Waals surface area contributed by atoms with Gasteiger partial charge in [0.05, 0.1) is 26.1 Å². The van der Waals surface area contributed by atoms with Crippen molar-refractivity contribution in [3.8, 4) is 0 Å². The van der Waals surface area contributed by atoms with Crippen LogP contribution in [-0.4, -0.2) is 22.5 Å². The fourth-order valence-electron chi connectivity index (χ4n) is 2.19. The zero-order valence-corrected chi connectivity index (χ0v) is 13.9. The van der Waals surface area contributed by atoms with Crippen LogP contribution in [0.3, 0.4) is 0 Å². The first-order valence-corrected chi connectivity index (χ1v) is 8.54. The van der Waals surface area contributed by atoms with E-state index in [1.54, 1.807) is 18.2 Å². The molecule has 0 fully saturated rings. The third kappa shape index (κ3) is 4.45. The first kappa shape index (κ1) is 17.0. The van der Waals surface area contributed by atoms with Crippen molar-refractivity contribution in [1.29, 1.82) is 0 Å². The lowest BCUT2D eigenvalue weighted by Gasteiger charge is -2.25. The molecule has 0 aliphatic carbocycles. The summed E-state index contributed by atoms with van der Waals surface area (Å²) in [6.45, 7) is 4.21. The van der Waals surface area contributed by atoms with Gasteiger partial charge in [0.2, 0.25) is 0 Å². The summed E-state index contributed by atoms with van der Waals surface area (Å²) >= 11 is 11.9. The second-order valence-corrected chi connectivity index (χ2v) is 6.99. The van der Waals surface area contributed by atoms with Gasteiger partial charge in [-0.1, -0.05) is 43.5 Å². The maximum Gasteiger partial charge on any atom is 0.0604 e. The van der Waals surface area contributed by atoms with Crippen molar-refractivity contribution in [3.63, 3.8) is 0 Å². The minimum absolute atomic E-state index is 0.0854. The SMILES string of the molecule is CCCC(NC)C(CC)S(=O)c1ccc(Cl)c(Cl)c1. The van der Waals surface area contributed by atoms with Crippen LogP contribution in [0.2, 0.25) is 10.0 Å². The van der Waals surface area contributed by atoms with Crippen LogP contribution in [0.4, 0.5) is 0 Å². The molecule has 0 saturated carbocycles. The van der Waals surface area contributed by atoms with Gasteiger partial charge in [-0.05, 0) is 38.1 Å². The van der Waals surface area contributed by atoms with Gasteiger partial charge in [0.15, 0.2) is 0 Å². The minimum Gasteiger partial charge on any atom is -0.316 e. The summed E-state index contributed by atoms with van der Waals surface area (Å²) in [7, 11) is 0.849. The van der Waals surface area contributed by atoms with Gasteiger partial charge in [0.1, 0.15) is 0 Å². The Kier molecular flexibility index (Phi) is 7.37. The number of hydrogen-bond acceptors (Lipinski definition) is 2. The molecule has 0 heterocycles. The Hall–Kier alpha value is -0.0900. The van der Waals surface area contributed by atoms with Crippen LogP contribution in [0.25, 0.3) is 0 Å². The Morgan fingerprint density at radius 2 is 1.95 bits per heavy atom. The highest BCUT2D eigenvalue weighted by Crippen LogP contribution is 2.27. The fraction of sp³-hybridized carbons (Fsp3) is 0.571. The van der Waals surface area contributed by atoms with Crippen molar-refractivity contribution in [2.24, 2.45) is 0 Å². The highest BCUT2D eigenvalue weighted by atomic mass is 35.5. The molecule has 0 aliphatic rings. The standard InChI is InChI=1S/C14H21Cl2NOS/c1-4-6-13(17-3)14(5-2)19(18)10-7-8-11(15)12(16)9-10/h7-9,13-14,17H,4-6H2,1-3H3. The summed E-state index contributed by atoms with van der Waals surface area (Å²) in [6.07, 6.45) is 2.95. The van der Waals surface area contributed by atoms with E-state index < -0.39 is 10.8 Å². The average molecular weight is 322 g/mol. The second-order valence-electron chi connectivity index (χ2n) is 4.50. The molecule has 3 atom stereocenters. The molecular formula is C14H21Cl2NOS. The molecule has 1 rings (SSSR count). The Morgan fingerprint density at radius 3 is 2.42 bits per heavy atom. The molecule has 0 radical (unpaired) electrons. The van der Waals surface area contributed by atoms with Gasteiger partial charge < -0.3 is 5.32 Å². The maximum absolute atomic E-state index is 12.7. The number of halogens is 2. The third-order valence-corrected chi connectivity index (χ3v) is 5.89. The molecule has 5 heteroatoms. The number of rotatable bonds is 7. The molecule has 19 heavy (non-hydrogen) atoms. The molecule has 3 unspecified atom stereocenters. The average Bonchev–Trinajstić information content (AvgIpc) is 2.41. The van der Waals surface area contributed by atoms with Crippen molar-refractivity contribution in [3.05, 3.63) is 28.2 Å². The van der Waals surface area contributed by atoms with Gasteiger partial charge in [-0.15, -0.1) is 0 Å². The largest absolute Gasteiger partial charge is 0.316 e. The smallest absolute Gasteiger partial charge is 0.0604 e. The van der Waals surface area contributed by atoms with Crippen LogP contribution in [-0.2, 0) is 10.8 Å². The summed E-state index contributed by atoms with van der Waals surface area (Å²) in [5, 5.41) is 4.32. The summed E-state index contributed by atoms with van der Waals surface area (Å²) < 4.78 is 12.7. The van der Waals surface area contributed by atoms with E-state index in [2.05, 4.69) is 19.2 Å². The molecule has 0 spiro atoms. The molecule has 0 amide bonds. The number of hydrogen-bond donors (Lipinski definition) is 1. The molecule has 0 aliphatic heterocycles. The van der Waals surface area contributed by atoms with Gasteiger partial charge >= 0.3 is 0 Å². The zero-order valence-electron chi connectivity index (χ0n) is 11.6. The Balaban J connectivity index is 2.97. The van der Waals surface area contributed by atoms with Crippen molar-refractivity contribution >= 4 is 34.0 Å². The normalized spacial score (nSPS) is 16.1. The molecule has 0 saturated heterocycles. The zero-order chi connectivity index (χ0) is 14.4. The first-order chi connectivity index (χ1) is 9.04. The molecule has 0 bridgehead atoms. The fourth-order valence-corrected chi connectivity index (χ4v) is 4.21. The molecule has 1 aromatic carbocycles. The lowest BCUT2D eigenvalue weighted by Crippen LogP contribution is -2.39. The van der Waals surface area contributed by atoms with Gasteiger partial charge in [-0.25, -0.2) is 0 Å². The lowest BCUT2D eigenvalue weighted by molar-refractivity contribution is 0.481. The molecule has 0 aromatic heterocycles. The monoisotopic (exact) mass is 321 g/mol. The maximum atomic E-state index is 12.7. The number of nitrogens with one attached hydrogen (secondary N) is 1. The highest BCUT2D eigenvalue weighted by Gasteiger charge is 2.25. The van der Waals surface area contributed by atoms with Crippen LogP contribution in [0, 0.1) is 0 Å². The predicted octanol–water partition coefficient (Wildman–Crippen LogP) is 4.27. The van der Waals surface area contributed by atoms with Crippen LogP contribution in [0.1, 0.15) is 33.1 Å². The van der Waals surface area contributed by atoms with E-state index in [9.17, 15) is 4.21 Å². The van der Waals surface area contributed by atoms with E-state index in [1.165, 1.54) is 0 Å². The second kappa shape index (κ2) is 8.25. The number of benzene rings is 1. The van der Waals surface area contributed by atoms with Gasteiger partial charge in [-0.2, -0.15) is 0 Å². The molecular weight excluding hydrogens is 301 g/mol. The first-order valence-electron chi connectivity index (χ1n) is 6.58. The van der Waals surface area contributed by atoms with Crippen LogP contribution in [0.5, 0.6) is 0 Å².